The Morgan fingerprint density at radius 2 is 1.48 bits per heavy atom. The van der Waals surface area contributed by atoms with Crippen LogP contribution in [0.15, 0.2) is 77.0 Å². The highest BCUT2D eigenvalue weighted by Gasteiger charge is 2.04. The van der Waals surface area contributed by atoms with Crippen molar-refractivity contribution in [3.05, 3.63) is 66.7 Å². The molecule has 0 amide bonds. The molecule has 0 bridgehead atoms. The first-order valence-electron chi connectivity index (χ1n) is 6.95. The predicted octanol–water partition coefficient (Wildman–Crippen LogP) is 5.05. The van der Waals surface area contributed by atoms with Gasteiger partial charge in [-0.3, -0.25) is 4.79 Å². The number of carbonyl (C=O) groups is 1. The molecule has 3 rings (SSSR count). The van der Waals surface area contributed by atoms with Crippen LogP contribution in [-0.4, -0.2) is 16.2 Å². The van der Waals surface area contributed by atoms with E-state index < -0.39 is 5.97 Å². The summed E-state index contributed by atoms with van der Waals surface area (Å²) >= 11 is 0. The van der Waals surface area contributed by atoms with Gasteiger partial charge in [0.05, 0.1) is 5.69 Å². The van der Waals surface area contributed by atoms with Crippen LogP contribution in [0.25, 0.3) is 10.8 Å². The second-order valence-electron chi connectivity index (χ2n) is 4.71. The van der Waals surface area contributed by atoms with E-state index in [9.17, 15) is 5.11 Å². The third-order valence-electron chi connectivity index (χ3n) is 2.91. The molecule has 0 atom stereocenters. The van der Waals surface area contributed by atoms with Gasteiger partial charge < -0.3 is 10.2 Å². The summed E-state index contributed by atoms with van der Waals surface area (Å²) in [6.07, 6.45) is 0. The minimum atomic E-state index is -0.833. The minimum absolute atomic E-state index is 0.165. The zero-order valence-electron chi connectivity index (χ0n) is 12.5. The molecular weight excluding hydrogens is 292 g/mol. The molecule has 0 unspecified atom stereocenters. The van der Waals surface area contributed by atoms with E-state index in [1.807, 2.05) is 60.7 Å². The third kappa shape index (κ3) is 4.64. The summed E-state index contributed by atoms with van der Waals surface area (Å²) in [4.78, 5) is 9.00. The predicted molar refractivity (Wildman–Crippen MR) is 89.5 cm³/mol. The van der Waals surface area contributed by atoms with Crippen LogP contribution in [0.5, 0.6) is 5.75 Å². The number of hydrogen-bond acceptors (Lipinski definition) is 4. The highest BCUT2D eigenvalue weighted by Crippen LogP contribution is 2.35. The minimum Gasteiger partial charge on any atom is -0.505 e. The van der Waals surface area contributed by atoms with Gasteiger partial charge in [0.1, 0.15) is 5.69 Å². The molecule has 0 heterocycles. The average Bonchev–Trinajstić information content (AvgIpc) is 2.55. The smallest absolute Gasteiger partial charge is 0.300 e. The van der Waals surface area contributed by atoms with Gasteiger partial charge >= 0.3 is 0 Å². The lowest BCUT2D eigenvalue weighted by Crippen LogP contribution is -1.78. The van der Waals surface area contributed by atoms with Gasteiger partial charge in [-0.05, 0) is 23.6 Å². The second-order valence-corrected chi connectivity index (χ2v) is 4.71. The molecule has 0 aliphatic carbocycles. The van der Waals surface area contributed by atoms with Crippen LogP contribution in [0.4, 0.5) is 11.4 Å². The normalized spacial score (nSPS) is 10.3. The Kier molecular flexibility index (Phi) is 5.41. The molecule has 3 aromatic carbocycles. The maximum atomic E-state index is 10.2. The van der Waals surface area contributed by atoms with Crippen LogP contribution in [0.3, 0.4) is 0 Å². The number of aromatic hydroxyl groups is 1. The van der Waals surface area contributed by atoms with Crippen molar-refractivity contribution < 1.29 is 15.0 Å². The first kappa shape index (κ1) is 16.2. The number of phenolic OH excluding ortho intramolecular Hbond substituents is 1. The molecule has 5 nitrogen and oxygen atoms in total. The van der Waals surface area contributed by atoms with Crippen molar-refractivity contribution in [1.82, 2.24) is 0 Å². The standard InChI is InChI=1S/C16H12N2O.C2H4O2/c19-16-14-9-5-4-6-12(14)10-11-15(16)18-17-13-7-2-1-3-8-13;1-2(3)4/h1-11,19H;1H3,(H,3,4). The highest BCUT2D eigenvalue weighted by molar-refractivity contribution is 5.92. The monoisotopic (exact) mass is 308 g/mol. The number of nitrogens with zero attached hydrogens (tertiary/aromatic N) is 2. The van der Waals surface area contributed by atoms with E-state index in [2.05, 4.69) is 10.2 Å². The highest BCUT2D eigenvalue weighted by atomic mass is 16.4. The molecule has 0 fully saturated rings. The fourth-order valence-electron chi connectivity index (χ4n) is 1.93. The SMILES string of the molecule is CC(=O)O.Oc1c(N=Nc2ccccc2)ccc2ccccc12. The van der Waals surface area contributed by atoms with Crippen molar-refractivity contribution >= 4 is 28.1 Å². The molecule has 2 N–H and O–H groups in total. The topological polar surface area (TPSA) is 82.2 Å². The van der Waals surface area contributed by atoms with Gasteiger partial charge in [0.2, 0.25) is 0 Å². The molecule has 0 saturated carbocycles. The summed E-state index contributed by atoms with van der Waals surface area (Å²) in [5, 5.41) is 27.6. The van der Waals surface area contributed by atoms with Gasteiger partial charge in [-0.2, -0.15) is 5.11 Å². The van der Waals surface area contributed by atoms with Crippen LogP contribution < -0.4 is 0 Å². The summed E-state index contributed by atoms with van der Waals surface area (Å²) in [6.45, 7) is 1.08. The zero-order valence-corrected chi connectivity index (χ0v) is 12.5. The number of carboxylic acid groups (broad SMARTS) is 1. The Bertz CT molecular complexity index is 826. The van der Waals surface area contributed by atoms with E-state index in [4.69, 9.17) is 9.90 Å². The van der Waals surface area contributed by atoms with E-state index >= 15 is 0 Å². The summed E-state index contributed by atoms with van der Waals surface area (Å²) in [5.41, 5.74) is 1.23. The van der Waals surface area contributed by atoms with E-state index in [1.165, 1.54) is 0 Å². The maximum absolute atomic E-state index is 10.2. The first-order valence-corrected chi connectivity index (χ1v) is 6.95. The van der Waals surface area contributed by atoms with E-state index in [0.29, 0.717) is 5.69 Å². The molecular formula is C18H16N2O3. The van der Waals surface area contributed by atoms with Crippen LogP contribution >= 0.6 is 0 Å². The molecule has 116 valence electrons. The fourth-order valence-corrected chi connectivity index (χ4v) is 1.93. The Balaban J connectivity index is 0.000000433. The Hall–Kier alpha value is -3.21. The van der Waals surface area contributed by atoms with Crippen molar-refractivity contribution in [2.45, 2.75) is 6.92 Å². The largest absolute Gasteiger partial charge is 0.505 e. The molecule has 0 radical (unpaired) electrons. The second kappa shape index (κ2) is 7.70. The lowest BCUT2D eigenvalue weighted by Gasteiger charge is -2.02. The number of aliphatic carboxylic acids is 1. The van der Waals surface area contributed by atoms with Gasteiger partial charge in [0.25, 0.3) is 5.97 Å². The maximum Gasteiger partial charge on any atom is 0.300 e. The number of rotatable bonds is 2. The van der Waals surface area contributed by atoms with Crippen molar-refractivity contribution in [3.8, 4) is 5.75 Å². The summed E-state index contributed by atoms with van der Waals surface area (Å²) in [6, 6.07) is 20.8. The molecule has 0 aromatic heterocycles. The number of carboxylic acids is 1. The quantitative estimate of drug-likeness (QED) is 0.650. The van der Waals surface area contributed by atoms with E-state index in [-0.39, 0.29) is 5.75 Å². The van der Waals surface area contributed by atoms with Crippen LogP contribution in [0.2, 0.25) is 0 Å². The van der Waals surface area contributed by atoms with Gasteiger partial charge in [-0.1, -0.05) is 48.5 Å². The third-order valence-corrected chi connectivity index (χ3v) is 2.91. The van der Waals surface area contributed by atoms with Crippen molar-refractivity contribution in [3.63, 3.8) is 0 Å². The number of benzene rings is 3. The molecule has 0 saturated heterocycles. The van der Waals surface area contributed by atoms with Gasteiger partial charge in [-0.15, -0.1) is 5.11 Å². The van der Waals surface area contributed by atoms with Crippen molar-refractivity contribution in [2.75, 3.05) is 0 Å². The molecule has 3 aromatic rings. The summed E-state index contributed by atoms with van der Waals surface area (Å²) in [7, 11) is 0. The molecule has 0 aliphatic heterocycles. The summed E-state index contributed by atoms with van der Waals surface area (Å²) in [5.74, 6) is -0.669. The number of hydrogen-bond donors (Lipinski definition) is 2. The Labute approximate surface area is 133 Å². The average molecular weight is 308 g/mol. The number of fused-ring (bicyclic) bond motifs is 1. The fraction of sp³-hybridized carbons (Fsp3) is 0.0556. The molecule has 23 heavy (non-hydrogen) atoms. The van der Waals surface area contributed by atoms with Gasteiger partial charge in [-0.25, -0.2) is 0 Å². The van der Waals surface area contributed by atoms with E-state index in [1.54, 1.807) is 6.07 Å². The number of azo groups is 1. The van der Waals surface area contributed by atoms with Crippen LogP contribution in [0, 0.1) is 0 Å². The molecule has 5 heteroatoms. The molecule has 0 spiro atoms. The van der Waals surface area contributed by atoms with E-state index in [0.717, 1.165) is 23.4 Å². The number of phenols is 1. The first-order chi connectivity index (χ1) is 11.1. The van der Waals surface area contributed by atoms with Gasteiger partial charge in [0.15, 0.2) is 5.75 Å². The lowest BCUT2D eigenvalue weighted by atomic mass is 10.1. The summed E-state index contributed by atoms with van der Waals surface area (Å²) < 4.78 is 0. The Morgan fingerprint density at radius 3 is 2.17 bits per heavy atom. The van der Waals surface area contributed by atoms with Crippen molar-refractivity contribution in [1.29, 1.82) is 0 Å². The lowest BCUT2D eigenvalue weighted by molar-refractivity contribution is -0.134. The van der Waals surface area contributed by atoms with Crippen molar-refractivity contribution in [2.24, 2.45) is 10.2 Å². The molecule has 0 aliphatic rings. The Morgan fingerprint density at radius 1 is 0.870 bits per heavy atom. The van der Waals surface area contributed by atoms with Crippen LogP contribution in [0.1, 0.15) is 6.92 Å². The van der Waals surface area contributed by atoms with Crippen LogP contribution in [-0.2, 0) is 4.79 Å². The zero-order chi connectivity index (χ0) is 16.7. The van der Waals surface area contributed by atoms with Gasteiger partial charge in [0, 0.05) is 12.3 Å².